The van der Waals surface area contributed by atoms with Crippen LogP contribution in [0.25, 0.3) is 21.9 Å². The van der Waals surface area contributed by atoms with Crippen LogP contribution in [0.5, 0.6) is 0 Å². The molecule has 24 heavy (non-hydrogen) atoms. The SMILES string of the molecule is O=c1c2[nH]c3ccc(F)cc3c2ncn1N=Cc1ccccc1F. The molecule has 0 fully saturated rings. The van der Waals surface area contributed by atoms with Crippen LogP contribution < -0.4 is 5.56 Å². The summed E-state index contributed by atoms with van der Waals surface area (Å²) in [5.74, 6) is -0.851. The van der Waals surface area contributed by atoms with Crippen molar-refractivity contribution in [1.82, 2.24) is 14.6 Å². The summed E-state index contributed by atoms with van der Waals surface area (Å²) in [6.07, 6.45) is 2.47. The average Bonchev–Trinajstić information content (AvgIpc) is 2.94. The Bertz CT molecular complexity index is 1160. The first-order chi connectivity index (χ1) is 11.6. The number of halogens is 2. The van der Waals surface area contributed by atoms with Gasteiger partial charge in [0.2, 0.25) is 0 Å². The van der Waals surface area contributed by atoms with Gasteiger partial charge in [-0.05, 0) is 24.3 Å². The van der Waals surface area contributed by atoms with Crippen LogP contribution in [0.1, 0.15) is 5.56 Å². The van der Waals surface area contributed by atoms with Crippen LogP contribution >= 0.6 is 0 Å². The Balaban J connectivity index is 1.86. The lowest BCUT2D eigenvalue weighted by molar-refractivity contribution is 0.625. The molecule has 0 atom stereocenters. The molecule has 0 aliphatic heterocycles. The molecule has 4 rings (SSSR count). The number of benzene rings is 2. The first kappa shape index (κ1) is 14.3. The van der Waals surface area contributed by atoms with Crippen LogP contribution in [0.3, 0.4) is 0 Å². The number of nitrogens with one attached hydrogen (secondary N) is 1. The Morgan fingerprint density at radius 3 is 2.83 bits per heavy atom. The molecule has 0 radical (unpaired) electrons. The van der Waals surface area contributed by atoms with Gasteiger partial charge in [-0.1, -0.05) is 18.2 Å². The van der Waals surface area contributed by atoms with Crippen molar-refractivity contribution in [3.8, 4) is 0 Å². The van der Waals surface area contributed by atoms with Crippen molar-refractivity contribution in [1.29, 1.82) is 0 Å². The summed E-state index contributed by atoms with van der Waals surface area (Å²) < 4.78 is 28.0. The van der Waals surface area contributed by atoms with E-state index in [9.17, 15) is 13.6 Å². The number of rotatable bonds is 2. The summed E-state index contributed by atoms with van der Waals surface area (Å²) in [7, 11) is 0. The second-order valence-corrected chi connectivity index (χ2v) is 5.20. The van der Waals surface area contributed by atoms with Gasteiger partial charge in [-0.3, -0.25) is 4.79 Å². The summed E-state index contributed by atoms with van der Waals surface area (Å²) >= 11 is 0. The zero-order chi connectivity index (χ0) is 16.7. The third-order valence-corrected chi connectivity index (χ3v) is 3.68. The normalized spacial score (nSPS) is 11.8. The van der Waals surface area contributed by atoms with E-state index in [2.05, 4.69) is 15.1 Å². The summed E-state index contributed by atoms with van der Waals surface area (Å²) in [4.78, 5) is 19.6. The number of hydrogen-bond donors (Lipinski definition) is 1. The molecule has 0 saturated carbocycles. The molecule has 0 unspecified atom stereocenters. The van der Waals surface area contributed by atoms with Crippen LogP contribution in [0.2, 0.25) is 0 Å². The third kappa shape index (κ3) is 2.26. The molecule has 4 aromatic rings. The quantitative estimate of drug-likeness (QED) is 0.576. The Morgan fingerprint density at radius 2 is 2.00 bits per heavy atom. The van der Waals surface area contributed by atoms with Crippen LogP contribution in [0.15, 0.2) is 58.7 Å². The lowest BCUT2D eigenvalue weighted by Crippen LogP contribution is -2.17. The number of nitrogens with zero attached hydrogens (tertiary/aromatic N) is 3. The molecule has 0 spiro atoms. The fourth-order valence-electron chi connectivity index (χ4n) is 2.50. The molecule has 7 heteroatoms. The molecule has 2 aromatic carbocycles. The Kier molecular flexibility index (Phi) is 3.19. The van der Waals surface area contributed by atoms with Gasteiger partial charge >= 0.3 is 0 Å². The van der Waals surface area contributed by atoms with E-state index in [1.165, 1.54) is 30.7 Å². The highest BCUT2D eigenvalue weighted by Gasteiger charge is 2.11. The van der Waals surface area contributed by atoms with Gasteiger partial charge in [0, 0.05) is 16.5 Å². The standard InChI is InChI=1S/C17H10F2N4O/c18-11-5-6-14-12(7-11)15-16(22-14)17(24)23(9-20-15)21-8-10-3-1-2-4-13(10)19/h1-9,22H. The van der Waals surface area contributed by atoms with Crippen molar-refractivity contribution < 1.29 is 8.78 Å². The fraction of sp³-hybridized carbons (Fsp3) is 0. The van der Waals surface area contributed by atoms with E-state index in [-0.39, 0.29) is 11.1 Å². The minimum absolute atomic E-state index is 0.212. The van der Waals surface area contributed by atoms with E-state index < -0.39 is 17.2 Å². The molecule has 118 valence electrons. The Morgan fingerprint density at radius 1 is 1.17 bits per heavy atom. The molecule has 0 amide bonds. The number of hydrogen-bond acceptors (Lipinski definition) is 3. The van der Waals surface area contributed by atoms with Crippen LogP contribution in [-0.2, 0) is 0 Å². The van der Waals surface area contributed by atoms with E-state index in [1.807, 2.05) is 0 Å². The second-order valence-electron chi connectivity index (χ2n) is 5.20. The highest BCUT2D eigenvalue weighted by atomic mass is 19.1. The van der Waals surface area contributed by atoms with Crippen LogP contribution in [0, 0.1) is 11.6 Å². The number of H-pyrrole nitrogens is 1. The van der Waals surface area contributed by atoms with E-state index in [1.54, 1.807) is 24.3 Å². The predicted octanol–water partition coefficient (Wildman–Crippen LogP) is 3.04. The molecule has 5 nitrogen and oxygen atoms in total. The first-order valence-electron chi connectivity index (χ1n) is 7.11. The monoisotopic (exact) mass is 324 g/mol. The van der Waals surface area contributed by atoms with Gasteiger partial charge in [0.25, 0.3) is 5.56 Å². The number of fused-ring (bicyclic) bond motifs is 3. The van der Waals surface area contributed by atoms with Gasteiger partial charge in [-0.15, -0.1) is 0 Å². The number of aromatic nitrogens is 3. The minimum Gasteiger partial charge on any atom is -0.349 e. The van der Waals surface area contributed by atoms with E-state index in [0.717, 1.165) is 4.68 Å². The molecule has 0 aliphatic carbocycles. The van der Waals surface area contributed by atoms with E-state index in [0.29, 0.717) is 16.4 Å². The summed E-state index contributed by atoms with van der Waals surface area (Å²) in [5.41, 5.74) is 0.981. The molecular formula is C17H10F2N4O. The smallest absolute Gasteiger partial charge is 0.298 e. The maximum absolute atomic E-state index is 13.6. The molecule has 2 aromatic heterocycles. The van der Waals surface area contributed by atoms with Gasteiger partial charge in [0.15, 0.2) is 0 Å². The van der Waals surface area contributed by atoms with E-state index in [4.69, 9.17) is 0 Å². The molecule has 0 saturated heterocycles. The molecular weight excluding hydrogens is 314 g/mol. The van der Waals surface area contributed by atoms with Gasteiger partial charge in [-0.2, -0.15) is 9.78 Å². The second kappa shape index (κ2) is 5.38. The number of aromatic amines is 1. The summed E-state index contributed by atoms with van der Waals surface area (Å²) in [5, 5.41) is 4.48. The molecule has 0 bridgehead atoms. The van der Waals surface area contributed by atoms with E-state index >= 15 is 0 Å². The largest absolute Gasteiger partial charge is 0.349 e. The Hall–Kier alpha value is -3.35. The van der Waals surface area contributed by atoms with Gasteiger partial charge < -0.3 is 4.98 Å². The lowest BCUT2D eigenvalue weighted by Gasteiger charge is -1.98. The van der Waals surface area contributed by atoms with Crippen molar-refractivity contribution in [2.75, 3.05) is 0 Å². The predicted molar refractivity (Wildman–Crippen MR) is 87.2 cm³/mol. The first-order valence-corrected chi connectivity index (χ1v) is 7.11. The molecule has 0 aliphatic rings. The van der Waals surface area contributed by atoms with Gasteiger partial charge in [-0.25, -0.2) is 13.8 Å². The van der Waals surface area contributed by atoms with Crippen LogP contribution in [-0.4, -0.2) is 20.9 Å². The zero-order valence-electron chi connectivity index (χ0n) is 12.2. The van der Waals surface area contributed by atoms with Crippen LogP contribution in [0.4, 0.5) is 8.78 Å². The van der Waals surface area contributed by atoms with Gasteiger partial charge in [0.1, 0.15) is 29.0 Å². The Labute approximate surface area is 133 Å². The minimum atomic E-state index is -0.454. The van der Waals surface area contributed by atoms with Crippen molar-refractivity contribution in [3.05, 3.63) is 76.3 Å². The topological polar surface area (TPSA) is 63.0 Å². The van der Waals surface area contributed by atoms with Gasteiger partial charge in [0.05, 0.1) is 6.21 Å². The van der Waals surface area contributed by atoms with Crippen molar-refractivity contribution in [3.63, 3.8) is 0 Å². The van der Waals surface area contributed by atoms with Crippen molar-refractivity contribution in [2.45, 2.75) is 0 Å². The summed E-state index contributed by atoms with van der Waals surface area (Å²) in [6, 6.07) is 10.2. The highest BCUT2D eigenvalue weighted by Crippen LogP contribution is 2.21. The molecule has 2 heterocycles. The zero-order valence-corrected chi connectivity index (χ0v) is 12.2. The highest BCUT2D eigenvalue weighted by molar-refractivity contribution is 6.04. The maximum atomic E-state index is 13.6. The fourth-order valence-corrected chi connectivity index (χ4v) is 2.50. The van der Waals surface area contributed by atoms with Crippen molar-refractivity contribution in [2.24, 2.45) is 5.10 Å². The molecule has 1 N–H and O–H groups in total. The summed E-state index contributed by atoms with van der Waals surface area (Å²) in [6.45, 7) is 0. The lowest BCUT2D eigenvalue weighted by atomic mass is 10.2. The van der Waals surface area contributed by atoms with Crippen molar-refractivity contribution >= 4 is 28.2 Å². The third-order valence-electron chi connectivity index (χ3n) is 3.68. The average molecular weight is 324 g/mol. The maximum Gasteiger partial charge on any atom is 0.298 e.